The molecule has 0 heterocycles. The molecule has 0 aromatic heterocycles. The van der Waals surface area contributed by atoms with E-state index in [2.05, 4.69) is 5.32 Å². The first-order valence-corrected chi connectivity index (χ1v) is 6.31. The summed E-state index contributed by atoms with van der Waals surface area (Å²) in [7, 11) is 1.64. The van der Waals surface area contributed by atoms with Crippen molar-refractivity contribution in [3.8, 4) is 5.75 Å². The lowest BCUT2D eigenvalue weighted by Crippen LogP contribution is -2.00. The van der Waals surface area contributed by atoms with Crippen molar-refractivity contribution < 1.29 is 9.66 Å². The summed E-state index contributed by atoms with van der Waals surface area (Å²) in [6, 6.07) is 11.9. The number of anilines is 1. The van der Waals surface area contributed by atoms with Crippen LogP contribution in [0.4, 0.5) is 11.4 Å². The smallest absolute Gasteiger partial charge is 0.292 e. The topological polar surface area (TPSA) is 64.4 Å². The normalized spacial score (nSPS) is 10.1. The summed E-state index contributed by atoms with van der Waals surface area (Å²) < 4.78 is 5.59. The Bertz CT molecular complexity index is 632. The van der Waals surface area contributed by atoms with Crippen molar-refractivity contribution in [2.75, 3.05) is 12.4 Å². The fourth-order valence-corrected chi connectivity index (χ4v) is 1.94. The lowest BCUT2D eigenvalue weighted by Gasteiger charge is -2.08. The molecule has 6 heteroatoms. The summed E-state index contributed by atoms with van der Waals surface area (Å²) >= 11 is 5.86. The molecule has 1 N–H and O–H groups in total. The van der Waals surface area contributed by atoms with E-state index < -0.39 is 4.92 Å². The Morgan fingerprint density at radius 3 is 2.75 bits per heavy atom. The third kappa shape index (κ3) is 3.39. The van der Waals surface area contributed by atoms with Gasteiger partial charge in [-0.25, -0.2) is 0 Å². The zero-order valence-electron chi connectivity index (χ0n) is 10.8. The fourth-order valence-electron chi connectivity index (χ4n) is 1.76. The molecule has 0 aliphatic carbocycles. The Morgan fingerprint density at radius 1 is 1.30 bits per heavy atom. The molecule has 20 heavy (non-hydrogen) atoms. The van der Waals surface area contributed by atoms with Crippen molar-refractivity contribution >= 4 is 23.0 Å². The average molecular weight is 293 g/mol. The van der Waals surface area contributed by atoms with Gasteiger partial charge >= 0.3 is 0 Å². The maximum absolute atomic E-state index is 10.8. The number of hydrogen-bond acceptors (Lipinski definition) is 4. The summed E-state index contributed by atoms with van der Waals surface area (Å²) in [6.45, 7) is 0.313. The molecule has 0 saturated carbocycles. The number of halogens is 1. The molecule has 0 aliphatic rings. The molecule has 0 fully saturated rings. The Morgan fingerprint density at radius 2 is 2.10 bits per heavy atom. The summed E-state index contributed by atoms with van der Waals surface area (Å²) in [5.41, 5.74) is 1.33. The van der Waals surface area contributed by atoms with Gasteiger partial charge in [-0.15, -0.1) is 0 Å². The first-order valence-electron chi connectivity index (χ1n) is 5.93. The number of benzene rings is 2. The van der Waals surface area contributed by atoms with Gasteiger partial charge in [0.2, 0.25) is 0 Å². The second kappa shape index (κ2) is 6.25. The van der Waals surface area contributed by atoms with Crippen LogP contribution in [-0.4, -0.2) is 12.0 Å². The van der Waals surface area contributed by atoms with E-state index >= 15 is 0 Å². The van der Waals surface area contributed by atoms with E-state index in [-0.39, 0.29) is 5.69 Å². The average Bonchev–Trinajstić information content (AvgIpc) is 2.44. The molecule has 0 aliphatic heterocycles. The quantitative estimate of drug-likeness (QED) is 0.671. The molecule has 0 bridgehead atoms. The zero-order valence-corrected chi connectivity index (χ0v) is 11.6. The second-order valence-corrected chi connectivity index (χ2v) is 4.54. The summed E-state index contributed by atoms with van der Waals surface area (Å²) in [6.07, 6.45) is 0. The van der Waals surface area contributed by atoms with Crippen LogP contribution in [0.25, 0.3) is 0 Å². The van der Waals surface area contributed by atoms with Crippen molar-refractivity contribution in [2.24, 2.45) is 0 Å². The number of rotatable bonds is 5. The molecule has 2 rings (SSSR count). The number of nitrogens with zero attached hydrogens (tertiary/aromatic N) is 1. The van der Waals surface area contributed by atoms with Gasteiger partial charge in [-0.1, -0.05) is 17.7 Å². The molecule has 5 nitrogen and oxygen atoms in total. The maximum atomic E-state index is 10.8. The van der Waals surface area contributed by atoms with Crippen molar-refractivity contribution in [3.63, 3.8) is 0 Å². The molecule has 0 atom stereocenters. The predicted molar refractivity (Wildman–Crippen MR) is 78.4 cm³/mol. The van der Waals surface area contributed by atoms with Crippen LogP contribution in [-0.2, 0) is 6.61 Å². The number of nitro benzene ring substituents is 1. The molecule has 0 radical (unpaired) electrons. The molecular formula is C14H13ClN2O3. The molecule has 2 aromatic carbocycles. The van der Waals surface area contributed by atoms with Gasteiger partial charge in [0.05, 0.1) is 4.92 Å². The highest BCUT2D eigenvalue weighted by Crippen LogP contribution is 2.26. The number of hydrogen-bond donors (Lipinski definition) is 1. The minimum Gasteiger partial charge on any atom is -0.489 e. The molecule has 0 unspecified atom stereocenters. The molecule has 0 amide bonds. The van der Waals surface area contributed by atoms with Gasteiger partial charge in [-0.3, -0.25) is 10.1 Å². The van der Waals surface area contributed by atoms with Gasteiger partial charge < -0.3 is 10.1 Å². The Kier molecular flexibility index (Phi) is 4.42. The van der Waals surface area contributed by atoms with Gasteiger partial charge in [0.25, 0.3) is 5.69 Å². The van der Waals surface area contributed by atoms with Crippen molar-refractivity contribution in [2.45, 2.75) is 6.61 Å². The Labute approximate surface area is 121 Å². The molecule has 2 aromatic rings. The molecular weight excluding hydrogens is 280 g/mol. The monoisotopic (exact) mass is 292 g/mol. The van der Waals surface area contributed by atoms with Crippen LogP contribution >= 0.6 is 11.6 Å². The number of ether oxygens (including phenoxy) is 1. The van der Waals surface area contributed by atoms with E-state index in [1.54, 1.807) is 43.4 Å². The predicted octanol–water partition coefficient (Wildman–Crippen LogP) is 3.87. The maximum Gasteiger partial charge on any atom is 0.292 e. The van der Waals surface area contributed by atoms with Crippen molar-refractivity contribution in [3.05, 3.63) is 63.2 Å². The van der Waals surface area contributed by atoms with Crippen LogP contribution in [0, 0.1) is 10.1 Å². The lowest BCUT2D eigenvalue weighted by molar-refractivity contribution is -0.384. The standard InChI is InChI=1S/C14H13ClN2O3/c1-16-13-7-10(5-6-14(13)17(18)19)9-20-12-4-2-3-11(15)8-12/h2-8,16H,9H2,1H3. The van der Waals surface area contributed by atoms with Crippen molar-refractivity contribution in [1.82, 2.24) is 0 Å². The van der Waals surface area contributed by atoms with E-state index in [0.717, 1.165) is 5.56 Å². The molecule has 104 valence electrons. The van der Waals surface area contributed by atoms with Gasteiger partial charge in [-0.2, -0.15) is 0 Å². The van der Waals surface area contributed by atoms with Gasteiger partial charge in [-0.05, 0) is 35.9 Å². The summed E-state index contributed by atoms with van der Waals surface area (Å²) in [5, 5.41) is 14.2. The summed E-state index contributed by atoms with van der Waals surface area (Å²) in [5.74, 6) is 0.655. The first kappa shape index (κ1) is 14.1. The van der Waals surface area contributed by atoms with Crippen LogP contribution < -0.4 is 10.1 Å². The Hall–Kier alpha value is -2.27. The minimum absolute atomic E-state index is 0.0407. The van der Waals surface area contributed by atoms with Crippen LogP contribution in [0.15, 0.2) is 42.5 Å². The van der Waals surface area contributed by atoms with Gasteiger partial charge in [0.15, 0.2) is 0 Å². The van der Waals surface area contributed by atoms with Crippen LogP contribution in [0.3, 0.4) is 0 Å². The SMILES string of the molecule is CNc1cc(COc2cccc(Cl)c2)ccc1[N+](=O)[O-]. The van der Waals surface area contributed by atoms with E-state index in [0.29, 0.717) is 23.1 Å². The van der Waals surface area contributed by atoms with E-state index in [1.807, 2.05) is 0 Å². The van der Waals surface area contributed by atoms with Crippen LogP contribution in [0.5, 0.6) is 5.75 Å². The van der Waals surface area contributed by atoms with E-state index in [4.69, 9.17) is 16.3 Å². The first-order chi connectivity index (χ1) is 9.60. The van der Waals surface area contributed by atoms with Crippen LogP contribution in [0.1, 0.15) is 5.56 Å². The minimum atomic E-state index is -0.423. The molecule has 0 spiro atoms. The Balaban J connectivity index is 2.12. The highest BCUT2D eigenvalue weighted by Gasteiger charge is 2.12. The highest BCUT2D eigenvalue weighted by atomic mass is 35.5. The largest absolute Gasteiger partial charge is 0.489 e. The highest BCUT2D eigenvalue weighted by molar-refractivity contribution is 6.30. The van der Waals surface area contributed by atoms with Crippen molar-refractivity contribution in [1.29, 1.82) is 0 Å². The van der Waals surface area contributed by atoms with E-state index in [1.165, 1.54) is 6.07 Å². The third-order valence-electron chi connectivity index (χ3n) is 2.73. The van der Waals surface area contributed by atoms with Gasteiger partial charge in [0.1, 0.15) is 18.0 Å². The lowest BCUT2D eigenvalue weighted by atomic mass is 10.2. The number of nitrogens with one attached hydrogen (secondary N) is 1. The fraction of sp³-hybridized carbons (Fsp3) is 0.143. The third-order valence-corrected chi connectivity index (χ3v) is 2.96. The van der Waals surface area contributed by atoms with Crippen LogP contribution in [0.2, 0.25) is 5.02 Å². The van der Waals surface area contributed by atoms with Gasteiger partial charge in [0, 0.05) is 18.1 Å². The molecule has 0 saturated heterocycles. The number of nitro groups is 1. The summed E-state index contributed by atoms with van der Waals surface area (Å²) in [4.78, 5) is 10.4. The van der Waals surface area contributed by atoms with E-state index in [9.17, 15) is 10.1 Å². The second-order valence-electron chi connectivity index (χ2n) is 4.10. The zero-order chi connectivity index (χ0) is 14.5.